The van der Waals surface area contributed by atoms with Crippen LogP contribution in [0, 0.1) is 10.1 Å². The van der Waals surface area contributed by atoms with Gasteiger partial charge in [0.1, 0.15) is 11.5 Å². The minimum absolute atomic E-state index is 0.0166. The lowest BCUT2D eigenvalue weighted by atomic mass is 10.2. The quantitative estimate of drug-likeness (QED) is 0.410. The van der Waals surface area contributed by atoms with E-state index in [2.05, 4.69) is 10.6 Å². The van der Waals surface area contributed by atoms with Crippen LogP contribution in [0.5, 0.6) is 11.5 Å². The van der Waals surface area contributed by atoms with Gasteiger partial charge in [0.05, 0.1) is 23.8 Å². The zero-order chi connectivity index (χ0) is 20.7. The number of ether oxygens (including phenoxy) is 2. The zero-order valence-electron chi connectivity index (χ0n) is 15.7. The summed E-state index contributed by atoms with van der Waals surface area (Å²) in [5.41, 5.74) is 0.513. The van der Waals surface area contributed by atoms with E-state index in [4.69, 9.17) is 21.7 Å². The van der Waals surface area contributed by atoms with Crippen LogP contribution in [0.4, 0.5) is 11.4 Å². The van der Waals surface area contributed by atoms with E-state index in [9.17, 15) is 14.9 Å². The number of nitrogens with zero attached hydrogens (tertiary/aromatic N) is 1. The van der Waals surface area contributed by atoms with Gasteiger partial charge >= 0.3 is 0 Å². The van der Waals surface area contributed by atoms with E-state index < -0.39 is 10.8 Å². The molecule has 0 spiro atoms. The van der Waals surface area contributed by atoms with Gasteiger partial charge < -0.3 is 14.8 Å². The molecule has 2 rings (SSSR count). The molecule has 0 aromatic heterocycles. The van der Waals surface area contributed by atoms with Crippen LogP contribution in [-0.2, 0) is 0 Å². The summed E-state index contributed by atoms with van der Waals surface area (Å²) in [6.45, 7) is 3.95. The predicted octanol–water partition coefficient (Wildman–Crippen LogP) is 3.91. The fourth-order valence-corrected chi connectivity index (χ4v) is 2.47. The van der Waals surface area contributed by atoms with Crippen molar-refractivity contribution in [1.29, 1.82) is 0 Å². The Morgan fingerprint density at radius 2 is 2.04 bits per heavy atom. The molecule has 1 atom stereocenters. The molecule has 0 aliphatic carbocycles. The number of anilines is 1. The number of non-ortho nitro benzene ring substituents is 1. The van der Waals surface area contributed by atoms with E-state index in [1.54, 1.807) is 24.3 Å². The van der Waals surface area contributed by atoms with Gasteiger partial charge in [0.2, 0.25) is 0 Å². The minimum atomic E-state index is -0.533. The van der Waals surface area contributed by atoms with Crippen molar-refractivity contribution >= 4 is 34.6 Å². The smallest absolute Gasteiger partial charge is 0.271 e. The van der Waals surface area contributed by atoms with Gasteiger partial charge in [-0.05, 0) is 49.8 Å². The average molecular weight is 403 g/mol. The number of rotatable bonds is 7. The summed E-state index contributed by atoms with van der Waals surface area (Å²) in [4.78, 5) is 22.9. The molecule has 0 saturated heterocycles. The second-order valence-corrected chi connectivity index (χ2v) is 6.32. The Labute approximate surface area is 168 Å². The van der Waals surface area contributed by atoms with Crippen LogP contribution in [0.1, 0.15) is 30.6 Å². The number of carbonyl (C=O) groups excluding carboxylic acids is 1. The van der Waals surface area contributed by atoms with E-state index in [0.29, 0.717) is 17.1 Å². The van der Waals surface area contributed by atoms with Gasteiger partial charge in [-0.3, -0.25) is 20.2 Å². The Hall–Kier alpha value is -3.20. The number of nitro groups is 1. The van der Waals surface area contributed by atoms with Crippen molar-refractivity contribution in [2.45, 2.75) is 26.4 Å². The van der Waals surface area contributed by atoms with Crippen LogP contribution in [0.3, 0.4) is 0 Å². The molecule has 2 aromatic rings. The third-order valence-electron chi connectivity index (χ3n) is 3.88. The van der Waals surface area contributed by atoms with Crippen LogP contribution in [0.25, 0.3) is 0 Å². The van der Waals surface area contributed by atoms with Crippen LogP contribution in [-0.4, -0.2) is 29.2 Å². The maximum Gasteiger partial charge on any atom is 0.271 e. The number of thiocarbonyl (C=S) groups is 1. The second kappa shape index (κ2) is 9.65. The average Bonchev–Trinajstić information content (AvgIpc) is 2.67. The van der Waals surface area contributed by atoms with Gasteiger partial charge in [0.15, 0.2) is 5.11 Å². The maximum atomic E-state index is 12.4. The Kier molecular flexibility index (Phi) is 7.28. The number of nitrogens with one attached hydrogen (secondary N) is 2. The molecule has 1 amide bonds. The zero-order valence-corrected chi connectivity index (χ0v) is 16.5. The molecule has 0 radical (unpaired) electrons. The highest BCUT2D eigenvalue weighted by Crippen LogP contribution is 2.28. The van der Waals surface area contributed by atoms with Crippen molar-refractivity contribution in [1.82, 2.24) is 5.32 Å². The Balaban J connectivity index is 2.09. The van der Waals surface area contributed by atoms with Gasteiger partial charge in [-0.2, -0.15) is 0 Å². The molecular weight excluding hydrogens is 382 g/mol. The molecule has 148 valence electrons. The molecule has 0 aliphatic heterocycles. The van der Waals surface area contributed by atoms with Crippen LogP contribution in [0.2, 0.25) is 0 Å². The summed E-state index contributed by atoms with van der Waals surface area (Å²) in [5, 5.41) is 16.2. The summed E-state index contributed by atoms with van der Waals surface area (Å²) in [7, 11) is 1.43. The van der Waals surface area contributed by atoms with Crippen molar-refractivity contribution in [2.75, 3.05) is 12.4 Å². The topological polar surface area (TPSA) is 103 Å². The normalized spacial score (nSPS) is 11.2. The third-order valence-corrected chi connectivity index (χ3v) is 4.08. The fraction of sp³-hybridized carbons (Fsp3) is 0.263. The van der Waals surface area contributed by atoms with Gasteiger partial charge in [0.25, 0.3) is 11.6 Å². The molecule has 0 aliphatic rings. The molecule has 8 nitrogen and oxygen atoms in total. The lowest BCUT2D eigenvalue weighted by molar-refractivity contribution is -0.384. The lowest BCUT2D eigenvalue weighted by Crippen LogP contribution is -2.34. The standard InChI is InChI=1S/C19H21N3O5S/c1-4-12(2)27-15-7-5-6-13(10-15)18(23)21-19(28)20-16-11-14(22(24)25)8-9-17(16)26-3/h5-12H,4H2,1-3H3,(H2,20,21,23,28). The first-order valence-electron chi connectivity index (χ1n) is 8.55. The molecule has 9 heteroatoms. The second-order valence-electron chi connectivity index (χ2n) is 5.91. The highest BCUT2D eigenvalue weighted by atomic mass is 32.1. The van der Waals surface area contributed by atoms with Crippen molar-refractivity contribution in [3.05, 3.63) is 58.1 Å². The predicted molar refractivity (Wildman–Crippen MR) is 110 cm³/mol. The number of methoxy groups -OCH3 is 1. The van der Waals surface area contributed by atoms with E-state index >= 15 is 0 Å². The van der Waals surface area contributed by atoms with E-state index in [-0.39, 0.29) is 22.6 Å². The number of benzene rings is 2. The van der Waals surface area contributed by atoms with Crippen molar-refractivity contribution < 1.29 is 19.2 Å². The van der Waals surface area contributed by atoms with Gasteiger partial charge in [-0.25, -0.2) is 0 Å². The Bertz CT molecular complexity index is 888. The van der Waals surface area contributed by atoms with Crippen molar-refractivity contribution in [3.63, 3.8) is 0 Å². The summed E-state index contributed by atoms with van der Waals surface area (Å²) in [6, 6.07) is 10.8. The number of nitro benzene ring substituents is 1. The monoisotopic (exact) mass is 403 g/mol. The lowest BCUT2D eigenvalue weighted by Gasteiger charge is -2.14. The van der Waals surface area contributed by atoms with Gasteiger partial charge in [-0.15, -0.1) is 0 Å². The SMILES string of the molecule is CCC(C)Oc1cccc(C(=O)NC(=S)Nc2cc([N+](=O)[O-])ccc2OC)c1. The van der Waals surface area contributed by atoms with Crippen molar-refractivity contribution in [2.24, 2.45) is 0 Å². The largest absolute Gasteiger partial charge is 0.495 e. The molecule has 2 N–H and O–H groups in total. The highest BCUT2D eigenvalue weighted by molar-refractivity contribution is 7.80. The van der Waals surface area contributed by atoms with Crippen LogP contribution >= 0.6 is 12.2 Å². The number of hydrogen-bond acceptors (Lipinski definition) is 6. The number of amides is 1. The van der Waals surface area contributed by atoms with Crippen LogP contribution < -0.4 is 20.1 Å². The molecule has 1 unspecified atom stereocenters. The first kappa shape index (κ1) is 21.1. The number of hydrogen-bond donors (Lipinski definition) is 2. The fourth-order valence-electron chi connectivity index (χ4n) is 2.26. The maximum absolute atomic E-state index is 12.4. The molecule has 28 heavy (non-hydrogen) atoms. The first-order valence-corrected chi connectivity index (χ1v) is 8.96. The Morgan fingerprint density at radius 3 is 2.68 bits per heavy atom. The minimum Gasteiger partial charge on any atom is -0.495 e. The molecule has 0 saturated carbocycles. The molecular formula is C19H21N3O5S. The van der Waals surface area contributed by atoms with Gasteiger partial charge in [0, 0.05) is 17.7 Å². The first-order chi connectivity index (χ1) is 13.3. The highest BCUT2D eigenvalue weighted by Gasteiger charge is 2.14. The van der Waals surface area contributed by atoms with Crippen molar-refractivity contribution in [3.8, 4) is 11.5 Å². The molecule has 2 aromatic carbocycles. The summed E-state index contributed by atoms with van der Waals surface area (Å²) >= 11 is 5.15. The Morgan fingerprint density at radius 1 is 1.29 bits per heavy atom. The summed E-state index contributed by atoms with van der Waals surface area (Å²) in [6.07, 6.45) is 0.873. The van der Waals surface area contributed by atoms with Gasteiger partial charge in [-0.1, -0.05) is 13.0 Å². The van der Waals surface area contributed by atoms with E-state index in [1.807, 2.05) is 13.8 Å². The van der Waals surface area contributed by atoms with E-state index in [0.717, 1.165) is 6.42 Å². The molecule has 0 heterocycles. The summed E-state index contributed by atoms with van der Waals surface area (Å²) < 4.78 is 10.9. The summed E-state index contributed by atoms with van der Waals surface area (Å²) in [5.74, 6) is 0.504. The third kappa shape index (κ3) is 5.65. The van der Waals surface area contributed by atoms with Crippen LogP contribution in [0.15, 0.2) is 42.5 Å². The molecule has 0 bridgehead atoms. The molecule has 0 fully saturated rings. The number of carbonyl (C=O) groups is 1. The van der Waals surface area contributed by atoms with E-state index in [1.165, 1.54) is 25.3 Å².